The summed E-state index contributed by atoms with van der Waals surface area (Å²) in [4.78, 5) is 5.11. The predicted octanol–water partition coefficient (Wildman–Crippen LogP) is 4.13. The van der Waals surface area contributed by atoms with E-state index in [1.165, 1.54) is 56.6 Å². The van der Waals surface area contributed by atoms with Gasteiger partial charge in [-0.05, 0) is 23.5 Å². The first-order chi connectivity index (χ1) is 11.7. The molecule has 2 rings (SSSR count). The van der Waals surface area contributed by atoms with E-state index >= 15 is 0 Å². The summed E-state index contributed by atoms with van der Waals surface area (Å²) in [5.41, 5.74) is 2.87. The van der Waals surface area contributed by atoms with E-state index in [9.17, 15) is 0 Å². The van der Waals surface area contributed by atoms with Gasteiger partial charge in [0.2, 0.25) is 0 Å². The molecule has 0 aromatic heterocycles. The van der Waals surface area contributed by atoms with E-state index in [1.54, 1.807) is 0 Å². The highest BCUT2D eigenvalue weighted by Crippen LogP contribution is 2.16. The number of unbranched alkanes of at least 4 members (excludes halogenated alkanes) is 2. The maximum absolute atomic E-state index is 5.74. The highest BCUT2D eigenvalue weighted by Gasteiger charge is 2.16. The Kier molecular flexibility index (Phi) is 8.79. The minimum absolute atomic E-state index is 0.617. The summed E-state index contributed by atoms with van der Waals surface area (Å²) in [6.07, 6.45) is 3.77. The van der Waals surface area contributed by atoms with Crippen LogP contribution < -0.4 is 0 Å². The van der Waals surface area contributed by atoms with Crippen molar-refractivity contribution < 1.29 is 4.74 Å². The molecule has 1 heterocycles. The van der Waals surface area contributed by atoms with Crippen molar-refractivity contribution in [2.75, 3.05) is 45.9 Å². The molecule has 0 atom stereocenters. The molecular weight excluding hydrogens is 296 g/mol. The van der Waals surface area contributed by atoms with Gasteiger partial charge in [-0.1, -0.05) is 57.9 Å². The molecule has 1 aromatic rings. The van der Waals surface area contributed by atoms with Crippen LogP contribution in [-0.2, 0) is 11.3 Å². The average molecular weight is 333 g/mol. The van der Waals surface area contributed by atoms with E-state index < -0.39 is 0 Å². The Morgan fingerprint density at radius 2 is 1.58 bits per heavy atom. The van der Waals surface area contributed by atoms with Gasteiger partial charge in [0.05, 0.1) is 6.61 Å². The van der Waals surface area contributed by atoms with Gasteiger partial charge in [-0.2, -0.15) is 0 Å². The predicted molar refractivity (Wildman–Crippen MR) is 103 cm³/mol. The minimum atomic E-state index is 0.617. The molecule has 24 heavy (non-hydrogen) atoms. The second kappa shape index (κ2) is 10.9. The molecule has 1 aliphatic heterocycles. The van der Waals surface area contributed by atoms with Gasteiger partial charge in [-0.3, -0.25) is 9.80 Å². The third kappa shape index (κ3) is 6.92. The number of benzene rings is 1. The van der Waals surface area contributed by atoms with Gasteiger partial charge in [0.1, 0.15) is 0 Å². The average Bonchev–Trinajstić information content (AvgIpc) is 2.60. The molecule has 0 saturated carbocycles. The quantitative estimate of drug-likeness (QED) is 0.599. The number of hydrogen-bond donors (Lipinski definition) is 0. The lowest BCUT2D eigenvalue weighted by atomic mass is 10.0. The second-order valence-electron chi connectivity index (χ2n) is 7.33. The zero-order valence-electron chi connectivity index (χ0n) is 16.0. The molecule has 1 aliphatic rings. The Bertz CT molecular complexity index is 436. The lowest BCUT2D eigenvalue weighted by molar-refractivity contribution is 0.0721. The summed E-state index contributed by atoms with van der Waals surface area (Å²) in [6, 6.07) is 9.16. The molecule has 1 fully saturated rings. The maximum atomic E-state index is 5.74. The van der Waals surface area contributed by atoms with E-state index in [-0.39, 0.29) is 0 Å². The molecule has 0 amide bonds. The van der Waals surface area contributed by atoms with Crippen molar-refractivity contribution in [1.82, 2.24) is 9.80 Å². The van der Waals surface area contributed by atoms with Crippen LogP contribution in [0.5, 0.6) is 0 Å². The smallest absolute Gasteiger partial charge is 0.0593 e. The minimum Gasteiger partial charge on any atom is -0.380 e. The second-order valence-corrected chi connectivity index (χ2v) is 7.33. The fourth-order valence-corrected chi connectivity index (χ4v) is 3.19. The van der Waals surface area contributed by atoms with Crippen LogP contribution in [0.15, 0.2) is 24.3 Å². The van der Waals surface area contributed by atoms with Crippen molar-refractivity contribution in [3.05, 3.63) is 35.4 Å². The molecule has 0 radical (unpaired) electrons. The molecule has 0 aliphatic carbocycles. The normalized spacial score (nSPS) is 16.8. The van der Waals surface area contributed by atoms with Gasteiger partial charge in [0.25, 0.3) is 0 Å². The first-order valence-electron chi connectivity index (χ1n) is 9.80. The SMILES string of the molecule is CCCCCOCCN1CCN(Cc2ccc(C(C)C)cc2)CC1. The number of hydrogen-bond acceptors (Lipinski definition) is 3. The molecule has 1 aromatic carbocycles. The number of ether oxygens (including phenoxy) is 1. The van der Waals surface area contributed by atoms with E-state index in [2.05, 4.69) is 54.8 Å². The summed E-state index contributed by atoms with van der Waals surface area (Å²) in [6.45, 7) is 15.4. The summed E-state index contributed by atoms with van der Waals surface area (Å²) in [5.74, 6) is 0.617. The van der Waals surface area contributed by atoms with E-state index in [4.69, 9.17) is 4.74 Å². The molecule has 1 saturated heterocycles. The Labute approximate surface area is 149 Å². The van der Waals surface area contributed by atoms with Gasteiger partial charge < -0.3 is 4.74 Å². The van der Waals surface area contributed by atoms with Crippen LogP contribution in [0.2, 0.25) is 0 Å². The van der Waals surface area contributed by atoms with Crippen molar-refractivity contribution in [3.8, 4) is 0 Å². The lowest BCUT2D eigenvalue weighted by Gasteiger charge is -2.34. The molecule has 0 bridgehead atoms. The largest absolute Gasteiger partial charge is 0.380 e. The lowest BCUT2D eigenvalue weighted by Crippen LogP contribution is -2.46. The molecule has 136 valence electrons. The van der Waals surface area contributed by atoms with E-state index in [0.29, 0.717) is 5.92 Å². The van der Waals surface area contributed by atoms with Gasteiger partial charge in [-0.15, -0.1) is 0 Å². The maximum Gasteiger partial charge on any atom is 0.0593 e. The summed E-state index contributed by atoms with van der Waals surface area (Å²) < 4.78 is 5.74. The van der Waals surface area contributed by atoms with Gasteiger partial charge >= 0.3 is 0 Å². The molecular formula is C21H36N2O. The number of piperazine rings is 1. The van der Waals surface area contributed by atoms with Crippen molar-refractivity contribution in [2.24, 2.45) is 0 Å². The van der Waals surface area contributed by atoms with E-state index in [0.717, 1.165) is 26.3 Å². The number of rotatable bonds is 10. The van der Waals surface area contributed by atoms with Crippen LogP contribution in [0.4, 0.5) is 0 Å². The van der Waals surface area contributed by atoms with Crippen LogP contribution in [0, 0.1) is 0 Å². The topological polar surface area (TPSA) is 15.7 Å². The summed E-state index contributed by atoms with van der Waals surface area (Å²) >= 11 is 0. The molecule has 0 N–H and O–H groups in total. The van der Waals surface area contributed by atoms with Crippen LogP contribution in [-0.4, -0.2) is 55.7 Å². The summed E-state index contributed by atoms with van der Waals surface area (Å²) in [5, 5.41) is 0. The molecule has 3 heteroatoms. The summed E-state index contributed by atoms with van der Waals surface area (Å²) in [7, 11) is 0. The number of nitrogens with zero attached hydrogens (tertiary/aromatic N) is 2. The van der Waals surface area contributed by atoms with Crippen LogP contribution in [0.3, 0.4) is 0 Å². The third-order valence-corrected chi connectivity index (χ3v) is 4.96. The fraction of sp³-hybridized carbons (Fsp3) is 0.714. The molecule has 3 nitrogen and oxygen atoms in total. The Balaban J connectivity index is 1.60. The van der Waals surface area contributed by atoms with Crippen LogP contribution in [0.1, 0.15) is 57.1 Å². The molecule has 0 spiro atoms. The highest BCUT2D eigenvalue weighted by atomic mass is 16.5. The Morgan fingerprint density at radius 1 is 0.917 bits per heavy atom. The van der Waals surface area contributed by atoms with Gasteiger partial charge in [0, 0.05) is 45.9 Å². The van der Waals surface area contributed by atoms with Gasteiger partial charge in [0.15, 0.2) is 0 Å². The standard InChI is InChI=1S/C21H36N2O/c1-4-5-6-16-24-17-15-22-11-13-23(14-12-22)18-20-7-9-21(10-8-20)19(2)3/h7-10,19H,4-6,11-18H2,1-3H3. The Morgan fingerprint density at radius 3 is 2.21 bits per heavy atom. The zero-order chi connectivity index (χ0) is 17.2. The third-order valence-electron chi connectivity index (χ3n) is 4.96. The van der Waals surface area contributed by atoms with Crippen LogP contribution in [0.25, 0.3) is 0 Å². The monoisotopic (exact) mass is 332 g/mol. The van der Waals surface area contributed by atoms with Crippen molar-refractivity contribution in [1.29, 1.82) is 0 Å². The fourth-order valence-electron chi connectivity index (χ4n) is 3.19. The molecule has 0 unspecified atom stereocenters. The van der Waals surface area contributed by atoms with E-state index in [1.807, 2.05) is 0 Å². The Hall–Kier alpha value is -0.900. The van der Waals surface area contributed by atoms with Gasteiger partial charge in [-0.25, -0.2) is 0 Å². The van der Waals surface area contributed by atoms with Crippen molar-refractivity contribution >= 4 is 0 Å². The first-order valence-corrected chi connectivity index (χ1v) is 9.80. The van der Waals surface area contributed by atoms with Crippen LogP contribution >= 0.6 is 0 Å². The zero-order valence-corrected chi connectivity index (χ0v) is 16.0. The first kappa shape index (κ1) is 19.4. The van der Waals surface area contributed by atoms with Crippen molar-refractivity contribution in [3.63, 3.8) is 0 Å². The van der Waals surface area contributed by atoms with Crippen molar-refractivity contribution in [2.45, 2.75) is 52.5 Å². The highest BCUT2D eigenvalue weighted by molar-refractivity contribution is 5.24.